The Morgan fingerprint density at radius 1 is 1.53 bits per heavy atom. The molecule has 4 nitrogen and oxygen atoms in total. The molecule has 1 rings (SSSR count). The Hall–Kier alpha value is -1.62. The second-order valence-electron chi connectivity index (χ2n) is 4.54. The second-order valence-corrected chi connectivity index (χ2v) is 4.54. The van der Waals surface area contributed by atoms with E-state index < -0.39 is 5.91 Å². The van der Waals surface area contributed by atoms with Gasteiger partial charge < -0.3 is 15.8 Å². The molecule has 106 valence electrons. The first-order valence-corrected chi connectivity index (χ1v) is 6.45. The molecule has 0 aliphatic carbocycles. The topological polar surface area (TPSA) is 64.3 Å². The van der Waals surface area contributed by atoms with Crippen molar-refractivity contribution in [1.82, 2.24) is 5.32 Å². The lowest BCUT2D eigenvalue weighted by atomic mass is 10.1. The highest BCUT2D eigenvalue weighted by molar-refractivity contribution is 5.76. The van der Waals surface area contributed by atoms with Gasteiger partial charge in [-0.3, -0.25) is 4.79 Å². The van der Waals surface area contributed by atoms with E-state index in [1.165, 1.54) is 12.1 Å². The van der Waals surface area contributed by atoms with Gasteiger partial charge in [-0.1, -0.05) is 13.8 Å². The highest BCUT2D eigenvalue weighted by atomic mass is 19.1. The maximum absolute atomic E-state index is 13.2. The van der Waals surface area contributed by atoms with E-state index in [4.69, 9.17) is 10.5 Å². The van der Waals surface area contributed by atoms with E-state index in [1.807, 2.05) is 0 Å². The Balaban J connectivity index is 2.67. The van der Waals surface area contributed by atoms with Crippen LogP contribution in [0.2, 0.25) is 0 Å². The van der Waals surface area contributed by atoms with Crippen molar-refractivity contribution in [2.45, 2.75) is 26.8 Å². The van der Waals surface area contributed by atoms with E-state index in [2.05, 4.69) is 12.2 Å². The molecule has 1 aromatic carbocycles. The average Bonchev–Trinajstić information content (AvgIpc) is 2.37. The number of ether oxygens (including phenoxy) is 1. The molecule has 0 spiro atoms. The third-order valence-corrected chi connectivity index (χ3v) is 2.74. The molecule has 0 heterocycles. The highest BCUT2D eigenvalue weighted by Gasteiger charge is 2.11. The van der Waals surface area contributed by atoms with Crippen LogP contribution in [-0.4, -0.2) is 19.1 Å². The Labute approximate surface area is 113 Å². The molecule has 19 heavy (non-hydrogen) atoms. The van der Waals surface area contributed by atoms with Crippen molar-refractivity contribution in [2.24, 2.45) is 11.7 Å². The van der Waals surface area contributed by atoms with Crippen molar-refractivity contribution < 1.29 is 13.9 Å². The van der Waals surface area contributed by atoms with Crippen molar-refractivity contribution in [3.05, 3.63) is 29.6 Å². The molecule has 1 unspecified atom stereocenters. The predicted molar refractivity (Wildman–Crippen MR) is 72.3 cm³/mol. The molecular formula is C14H21FN2O2. The van der Waals surface area contributed by atoms with Crippen LogP contribution in [0.15, 0.2) is 18.2 Å². The standard InChI is InChI=1S/C14H21FN2O2/c1-3-6-17-8-11-7-12(15)4-5-13(11)19-9-10(2)14(16)18/h4-5,7,10,17H,3,6,8-9H2,1-2H3,(H2,16,18). The monoisotopic (exact) mass is 268 g/mol. The predicted octanol–water partition coefficient (Wildman–Crippen LogP) is 1.83. The normalized spacial score (nSPS) is 12.2. The van der Waals surface area contributed by atoms with E-state index in [0.717, 1.165) is 18.5 Å². The van der Waals surface area contributed by atoms with Gasteiger partial charge in [0.25, 0.3) is 0 Å². The van der Waals surface area contributed by atoms with Crippen LogP contribution in [0.1, 0.15) is 25.8 Å². The number of primary amides is 1. The van der Waals surface area contributed by atoms with E-state index in [0.29, 0.717) is 12.3 Å². The third kappa shape index (κ3) is 5.26. The minimum atomic E-state index is -0.409. The van der Waals surface area contributed by atoms with E-state index in [-0.39, 0.29) is 18.3 Å². The molecule has 1 aromatic rings. The Kier molecular flexibility index (Phi) is 6.29. The van der Waals surface area contributed by atoms with Gasteiger partial charge >= 0.3 is 0 Å². The maximum Gasteiger partial charge on any atom is 0.223 e. The molecule has 0 aromatic heterocycles. The summed E-state index contributed by atoms with van der Waals surface area (Å²) in [4.78, 5) is 10.9. The molecule has 0 bridgehead atoms. The van der Waals surface area contributed by atoms with Crippen LogP contribution in [-0.2, 0) is 11.3 Å². The van der Waals surface area contributed by atoms with Crippen LogP contribution in [0.4, 0.5) is 4.39 Å². The van der Waals surface area contributed by atoms with Crippen LogP contribution in [0.3, 0.4) is 0 Å². The van der Waals surface area contributed by atoms with Gasteiger partial charge in [-0.2, -0.15) is 0 Å². The summed E-state index contributed by atoms with van der Waals surface area (Å²) in [7, 11) is 0. The van der Waals surface area contributed by atoms with Gasteiger partial charge in [0.1, 0.15) is 11.6 Å². The van der Waals surface area contributed by atoms with Gasteiger partial charge in [0, 0.05) is 12.1 Å². The number of rotatable bonds is 8. The van der Waals surface area contributed by atoms with Gasteiger partial charge in [-0.25, -0.2) is 4.39 Å². The summed E-state index contributed by atoms with van der Waals surface area (Å²) < 4.78 is 18.8. The van der Waals surface area contributed by atoms with Crippen LogP contribution in [0, 0.1) is 11.7 Å². The van der Waals surface area contributed by atoms with Gasteiger partial charge in [-0.05, 0) is 31.2 Å². The highest BCUT2D eigenvalue weighted by Crippen LogP contribution is 2.20. The molecule has 1 atom stereocenters. The van der Waals surface area contributed by atoms with Gasteiger partial charge in [0.05, 0.1) is 12.5 Å². The van der Waals surface area contributed by atoms with Crippen LogP contribution >= 0.6 is 0 Å². The zero-order valence-electron chi connectivity index (χ0n) is 11.4. The number of nitrogens with two attached hydrogens (primary N) is 1. The number of benzene rings is 1. The fraction of sp³-hybridized carbons (Fsp3) is 0.500. The molecule has 0 radical (unpaired) electrons. The molecule has 1 amide bonds. The molecule has 5 heteroatoms. The lowest BCUT2D eigenvalue weighted by Crippen LogP contribution is -2.26. The number of hydrogen-bond acceptors (Lipinski definition) is 3. The number of carbonyl (C=O) groups is 1. The van der Waals surface area contributed by atoms with Crippen LogP contribution in [0.25, 0.3) is 0 Å². The quantitative estimate of drug-likeness (QED) is 0.707. The van der Waals surface area contributed by atoms with Gasteiger partial charge in [-0.15, -0.1) is 0 Å². The zero-order valence-corrected chi connectivity index (χ0v) is 11.4. The van der Waals surface area contributed by atoms with Crippen molar-refractivity contribution in [3.63, 3.8) is 0 Å². The maximum atomic E-state index is 13.2. The summed E-state index contributed by atoms with van der Waals surface area (Å²) >= 11 is 0. The smallest absolute Gasteiger partial charge is 0.223 e. The van der Waals surface area contributed by atoms with Gasteiger partial charge in [0.2, 0.25) is 5.91 Å². The Morgan fingerprint density at radius 2 is 2.26 bits per heavy atom. The number of halogens is 1. The minimum Gasteiger partial charge on any atom is -0.492 e. The molecule has 0 saturated heterocycles. The summed E-state index contributed by atoms with van der Waals surface area (Å²) in [5.74, 6) is -0.504. The SMILES string of the molecule is CCCNCc1cc(F)ccc1OCC(C)C(N)=O. The lowest BCUT2D eigenvalue weighted by Gasteiger charge is -2.14. The molecule has 0 saturated carbocycles. The summed E-state index contributed by atoms with van der Waals surface area (Å²) in [5, 5.41) is 3.19. The largest absolute Gasteiger partial charge is 0.492 e. The van der Waals surface area contributed by atoms with Crippen LogP contribution < -0.4 is 15.8 Å². The molecular weight excluding hydrogens is 247 g/mol. The average molecular weight is 268 g/mol. The van der Waals surface area contributed by atoms with E-state index >= 15 is 0 Å². The summed E-state index contributed by atoms with van der Waals surface area (Å²) in [6.07, 6.45) is 1.00. The first-order valence-electron chi connectivity index (χ1n) is 6.45. The fourth-order valence-electron chi connectivity index (χ4n) is 1.52. The number of nitrogens with one attached hydrogen (secondary N) is 1. The number of hydrogen-bond donors (Lipinski definition) is 2. The molecule has 0 aliphatic heterocycles. The van der Waals surface area contributed by atoms with E-state index in [1.54, 1.807) is 13.0 Å². The lowest BCUT2D eigenvalue weighted by molar-refractivity contribution is -0.122. The molecule has 0 fully saturated rings. The number of carbonyl (C=O) groups excluding carboxylic acids is 1. The third-order valence-electron chi connectivity index (χ3n) is 2.74. The fourth-order valence-corrected chi connectivity index (χ4v) is 1.52. The second kappa shape index (κ2) is 7.74. The van der Waals surface area contributed by atoms with Crippen molar-refractivity contribution >= 4 is 5.91 Å². The summed E-state index contributed by atoms with van der Waals surface area (Å²) in [6.45, 7) is 5.34. The van der Waals surface area contributed by atoms with Crippen molar-refractivity contribution in [2.75, 3.05) is 13.2 Å². The van der Waals surface area contributed by atoms with Crippen LogP contribution in [0.5, 0.6) is 5.75 Å². The Morgan fingerprint density at radius 3 is 2.89 bits per heavy atom. The van der Waals surface area contributed by atoms with Gasteiger partial charge in [0.15, 0.2) is 0 Å². The van der Waals surface area contributed by atoms with Crippen molar-refractivity contribution in [3.8, 4) is 5.75 Å². The summed E-state index contributed by atoms with van der Waals surface area (Å²) in [5.41, 5.74) is 5.91. The zero-order chi connectivity index (χ0) is 14.3. The van der Waals surface area contributed by atoms with Crippen molar-refractivity contribution in [1.29, 1.82) is 0 Å². The minimum absolute atomic E-state index is 0.196. The molecule has 3 N–H and O–H groups in total. The first kappa shape index (κ1) is 15.4. The number of amides is 1. The summed E-state index contributed by atoms with van der Waals surface area (Å²) in [6, 6.07) is 4.35. The van der Waals surface area contributed by atoms with E-state index in [9.17, 15) is 9.18 Å². The Bertz CT molecular complexity index is 424. The first-order chi connectivity index (χ1) is 9.04. The molecule has 0 aliphatic rings.